The van der Waals surface area contributed by atoms with Crippen LogP contribution in [0.2, 0.25) is 0 Å². The van der Waals surface area contributed by atoms with Gasteiger partial charge in [0.15, 0.2) is 0 Å². The topological polar surface area (TPSA) is 86.6 Å². The molecule has 2 heterocycles. The van der Waals surface area contributed by atoms with Crippen molar-refractivity contribution in [3.05, 3.63) is 47.9 Å². The molecule has 25 heavy (non-hydrogen) atoms. The summed E-state index contributed by atoms with van der Waals surface area (Å²) in [6, 6.07) is 9.00. The van der Waals surface area contributed by atoms with Crippen LogP contribution in [0.5, 0.6) is 0 Å². The molecule has 132 valence electrons. The van der Waals surface area contributed by atoms with E-state index in [1.54, 1.807) is 18.4 Å². The molecule has 7 heteroatoms. The van der Waals surface area contributed by atoms with Crippen LogP contribution in [-0.4, -0.2) is 32.1 Å². The van der Waals surface area contributed by atoms with Gasteiger partial charge in [0.25, 0.3) is 0 Å². The number of rotatable bonds is 5. The maximum atomic E-state index is 12.0. The van der Waals surface area contributed by atoms with Gasteiger partial charge in [-0.3, -0.25) is 4.79 Å². The standard InChI is InChI=1S/C18H22N4O3/c1-22-8-2-4-13-10-14(6-7-16(13)22)21-17(23)12-20-18(24)19-11-15-5-3-9-25-15/h3,5-7,9-10H,2,4,8,11-12H2,1H3,(H,21,23)(H2,19,20,24). The molecular weight excluding hydrogens is 320 g/mol. The molecule has 1 aliphatic heterocycles. The predicted octanol–water partition coefficient (Wildman–Crippen LogP) is 2.10. The van der Waals surface area contributed by atoms with Crippen LogP contribution in [0.25, 0.3) is 0 Å². The third-order valence-electron chi connectivity index (χ3n) is 4.13. The van der Waals surface area contributed by atoms with E-state index in [2.05, 4.69) is 27.9 Å². The highest BCUT2D eigenvalue weighted by Crippen LogP contribution is 2.28. The van der Waals surface area contributed by atoms with E-state index in [0.717, 1.165) is 25.1 Å². The van der Waals surface area contributed by atoms with Gasteiger partial charge in [0.2, 0.25) is 5.91 Å². The van der Waals surface area contributed by atoms with Gasteiger partial charge in [0.05, 0.1) is 19.4 Å². The SMILES string of the molecule is CN1CCCc2cc(NC(=O)CNC(=O)NCc3ccco3)ccc21. The van der Waals surface area contributed by atoms with Crippen molar-refractivity contribution in [3.8, 4) is 0 Å². The van der Waals surface area contributed by atoms with E-state index < -0.39 is 6.03 Å². The molecule has 0 bridgehead atoms. The molecule has 1 aromatic heterocycles. The van der Waals surface area contributed by atoms with Gasteiger partial charge in [-0.1, -0.05) is 0 Å². The summed E-state index contributed by atoms with van der Waals surface area (Å²) in [5, 5.41) is 7.96. The lowest BCUT2D eigenvalue weighted by atomic mass is 10.0. The number of hydrogen-bond donors (Lipinski definition) is 3. The number of nitrogens with zero attached hydrogens (tertiary/aromatic N) is 1. The molecule has 7 nitrogen and oxygen atoms in total. The fourth-order valence-corrected chi connectivity index (χ4v) is 2.87. The molecule has 2 aromatic rings. The van der Waals surface area contributed by atoms with Crippen LogP contribution in [0, 0.1) is 0 Å². The number of fused-ring (bicyclic) bond motifs is 1. The number of hydrogen-bond acceptors (Lipinski definition) is 4. The summed E-state index contributed by atoms with van der Waals surface area (Å²) >= 11 is 0. The van der Waals surface area contributed by atoms with Crippen molar-refractivity contribution in [1.82, 2.24) is 10.6 Å². The van der Waals surface area contributed by atoms with Gasteiger partial charge in [-0.25, -0.2) is 4.79 Å². The van der Waals surface area contributed by atoms with E-state index in [1.807, 2.05) is 18.2 Å². The highest BCUT2D eigenvalue weighted by molar-refractivity contribution is 5.94. The zero-order chi connectivity index (χ0) is 17.6. The Morgan fingerprint density at radius 3 is 2.92 bits per heavy atom. The first-order valence-corrected chi connectivity index (χ1v) is 8.30. The van der Waals surface area contributed by atoms with Crippen LogP contribution in [0.3, 0.4) is 0 Å². The second-order valence-corrected chi connectivity index (χ2v) is 6.03. The second kappa shape index (κ2) is 7.74. The van der Waals surface area contributed by atoms with E-state index in [1.165, 1.54) is 11.3 Å². The minimum atomic E-state index is -0.418. The Hall–Kier alpha value is -2.96. The molecule has 0 saturated heterocycles. The molecule has 0 spiro atoms. The fourth-order valence-electron chi connectivity index (χ4n) is 2.87. The van der Waals surface area contributed by atoms with Crippen LogP contribution < -0.4 is 20.9 Å². The fraction of sp³-hybridized carbons (Fsp3) is 0.333. The molecule has 1 aromatic carbocycles. The Kier molecular flexibility index (Phi) is 5.23. The molecule has 0 atom stereocenters. The van der Waals surface area contributed by atoms with Crippen molar-refractivity contribution < 1.29 is 14.0 Å². The Morgan fingerprint density at radius 1 is 1.24 bits per heavy atom. The van der Waals surface area contributed by atoms with Crippen molar-refractivity contribution in [3.63, 3.8) is 0 Å². The Bertz CT molecular complexity index is 743. The van der Waals surface area contributed by atoms with Crippen molar-refractivity contribution in [2.24, 2.45) is 0 Å². The molecule has 3 rings (SSSR count). The van der Waals surface area contributed by atoms with E-state index in [4.69, 9.17) is 4.42 Å². The minimum Gasteiger partial charge on any atom is -0.467 e. The first-order valence-electron chi connectivity index (χ1n) is 8.30. The number of nitrogens with one attached hydrogen (secondary N) is 3. The maximum Gasteiger partial charge on any atom is 0.315 e. The van der Waals surface area contributed by atoms with Crippen molar-refractivity contribution >= 4 is 23.3 Å². The Balaban J connectivity index is 1.45. The third kappa shape index (κ3) is 4.53. The van der Waals surface area contributed by atoms with Gasteiger partial charge in [-0.15, -0.1) is 0 Å². The van der Waals surface area contributed by atoms with Gasteiger partial charge in [-0.2, -0.15) is 0 Å². The van der Waals surface area contributed by atoms with Gasteiger partial charge in [-0.05, 0) is 48.7 Å². The summed E-state index contributed by atoms with van der Waals surface area (Å²) in [4.78, 5) is 25.9. The quantitative estimate of drug-likeness (QED) is 0.777. The van der Waals surface area contributed by atoms with Gasteiger partial charge in [0, 0.05) is 25.0 Å². The number of anilines is 2. The summed E-state index contributed by atoms with van der Waals surface area (Å²) in [6.45, 7) is 1.23. The first-order chi connectivity index (χ1) is 12.1. The summed E-state index contributed by atoms with van der Waals surface area (Å²) in [5.74, 6) is 0.385. The van der Waals surface area contributed by atoms with Crippen LogP contribution in [0.4, 0.5) is 16.2 Å². The molecule has 0 aliphatic carbocycles. The number of urea groups is 1. The Labute approximate surface area is 146 Å². The second-order valence-electron chi connectivity index (χ2n) is 6.03. The molecule has 0 radical (unpaired) electrons. The predicted molar refractivity (Wildman–Crippen MR) is 95.6 cm³/mol. The highest BCUT2D eigenvalue weighted by atomic mass is 16.3. The summed E-state index contributed by atoms with van der Waals surface area (Å²) in [5.41, 5.74) is 3.19. The molecule has 3 amide bonds. The van der Waals surface area contributed by atoms with Crippen molar-refractivity contribution in [1.29, 1.82) is 0 Å². The number of carbonyl (C=O) groups is 2. The van der Waals surface area contributed by atoms with Crippen LogP contribution in [0.1, 0.15) is 17.7 Å². The van der Waals surface area contributed by atoms with E-state index in [9.17, 15) is 9.59 Å². The van der Waals surface area contributed by atoms with E-state index in [0.29, 0.717) is 5.76 Å². The lowest BCUT2D eigenvalue weighted by Crippen LogP contribution is -2.39. The minimum absolute atomic E-state index is 0.0963. The molecule has 3 N–H and O–H groups in total. The van der Waals surface area contributed by atoms with Gasteiger partial charge >= 0.3 is 6.03 Å². The maximum absolute atomic E-state index is 12.0. The number of benzene rings is 1. The average molecular weight is 342 g/mol. The summed E-state index contributed by atoms with van der Waals surface area (Å²) in [7, 11) is 2.07. The first kappa shape index (κ1) is 16.9. The molecule has 1 aliphatic rings. The monoisotopic (exact) mass is 342 g/mol. The number of amides is 3. The largest absolute Gasteiger partial charge is 0.467 e. The highest BCUT2D eigenvalue weighted by Gasteiger charge is 2.14. The summed E-state index contributed by atoms with van der Waals surface area (Å²) < 4.78 is 5.12. The van der Waals surface area contributed by atoms with Crippen LogP contribution >= 0.6 is 0 Å². The van der Waals surface area contributed by atoms with Crippen molar-refractivity contribution in [2.75, 3.05) is 30.4 Å². The zero-order valence-corrected chi connectivity index (χ0v) is 14.2. The Morgan fingerprint density at radius 2 is 2.12 bits per heavy atom. The van der Waals surface area contributed by atoms with Crippen molar-refractivity contribution in [2.45, 2.75) is 19.4 Å². The number of aryl methyl sites for hydroxylation is 1. The van der Waals surface area contributed by atoms with Crippen LogP contribution in [0.15, 0.2) is 41.0 Å². The van der Waals surface area contributed by atoms with E-state index >= 15 is 0 Å². The molecule has 0 saturated carbocycles. The molecule has 0 unspecified atom stereocenters. The lowest BCUT2D eigenvalue weighted by Gasteiger charge is -2.27. The smallest absolute Gasteiger partial charge is 0.315 e. The van der Waals surface area contributed by atoms with Gasteiger partial charge < -0.3 is 25.3 Å². The lowest BCUT2D eigenvalue weighted by molar-refractivity contribution is -0.115. The van der Waals surface area contributed by atoms with E-state index in [-0.39, 0.29) is 19.0 Å². The van der Waals surface area contributed by atoms with Crippen LogP contribution in [-0.2, 0) is 17.8 Å². The number of carbonyl (C=O) groups excluding carboxylic acids is 2. The normalized spacial score (nSPS) is 13.1. The number of furan rings is 1. The third-order valence-corrected chi connectivity index (χ3v) is 4.13. The van der Waals surface area contributed by atoms with Gasteiger partial charge in [0.1, 0.15) is 5.76 Å². The zero-order valence-electron chi connectivity index (χ0n) is 14.2. The molecule has 0 fully saturated rings. The molecular formula is C18H22N4O3. The summed E-state index contributed by atoms with van der Waals surface area (Å²) in [6.07, 6.45) is 3.66. The average Bonchev–Trinajstić information content (AvgIpc) is 3.12.